The van der Waals surface area contributed by atoms with Crippen molar-refractivity contribution in [1.29, 1.82) is 0 Å². The summed E-state index contributed by atoms with van der Waals surface area (Å²) >= 11 is 0. The summed E-state index contributed by atoms with van der Waals surface area (Å²) in [6.07, 6.45) is 3.23. The van der Waals surface area contributed by atoms with E-state index < -0.39 is 0 Å². The Morgan fingerprint density at radius 3 is 2.27 bits per heavy atom. The number of allylic oxidation sites excluding steroid dienone is 1. The maximum atomic E-state index is 5.30. The molecule has 0 rings (SSSR count). The van der Waals surface area contributed by atoms with Gasteiger partial charge < -0.3 is 11.1 Å². The fourth-order valence-corrected chi connectivity index (χ4v) is 0.454. The second kappa shape index (κ2) is 4.01. The first-order valence-corrected chi connectivity index (χ1v) is 3.64. The fraction of sp³-hybridized carbons (Fsp3) is 0.625. The van der Waals surface area contributed by atoms with Crippen LogP contribution in [0.2, 0.25) is 0 Å². The SMILES string of the molecule is CNC(C=NC(C)(C)C)=CN. The first-order chi connectivity index (χ1) is 4.99. The highest BCUT2D eigenvalue weighted by molar-refractivity contribution is 5.77. The van der Waals surface area contributed by atoms with E-state index >= 15 is 0 Å². The van der Waals surface area contributed by atoms with Gasteiger partial charge in [-0.25, -0.2) is 0 Å². The van der Waals surface area contributed by atoms with E-state index in [1.54, 1.807) is 6.21 Å². The smallest absolute Gasteiger partial charge is 0.0676 e. The van der Waals surface area contributed by atoms with Gasteiger partial charge in [0, 0.05) is 19.5 Å². The molecule has 0 bridgehead atoms. The van der Waals surface area contributed by atoms with Crippen molar-refractivity contribution in [2.24, 2.45) is 10.7 Å². The van der Waals surface area contributed by atoms with E-state index in [-0.39, 0.29) is 5.54 Å². The van der Waals surface area contributed by atoms with Gasteiger partial charge in [0.1, 0.15) is 0 Å². The minimum atomic E-state index is -0.0366. The third-order valence-electron chi connectivity index (χ3n) is 1.06. The standard InChI is InChI=1S/C8H17N3/c1-8(2,3)11-6-7(5-9)10-4/h5-6,10H,9H2,1-4H3. The van der Waals surface area contributed by atoms with Crippen LogP contribution in [0, 0.1) is 0 Å². The van der Waals surface area contributed by atoms with Crippen LogP contribution in [-0.2, 0) is 0 Å². The van der Waals surface area contributed by atoms with Crippen molar-refractivity contribution in [1.82, 2.24) is 5.32 Å². The predicted octanol–water partition coefficient (Wildman–Crippen LogP) is 0.875. The number of nitrogens with two attached hydrogens (primary N) is 1. The first-order valence-electron chi connectivity index (χ1n) is 3.64. The van der Waals surface area contributed by atoms with Crippen molar-refractivity contribution >= 4 is 6.21 Å². The van der Waals surface area contributed by atoms with Gasteiger partial charge in [0.05, 0.1) is 11.2 Å². The van der Waals surface area contributed by atoms with Crippen LogP contribution in [0.15, 0.2) is 16.9 Å². The molecule has 3 nitrogen and oxygen atoms in total. The number of nitrogens with one attached hydrogen (secondary N) is 1. The predicted molar refractivity (Wildman–Crippen MR) is 49.6 cm³/mol. The van der Waals surface area contributed by atoms with Crippen molar-refractivity contribution in [3.63, 3.8) is 0 Å². The molecule has 0 radical (unpaired) electrons. The quantitative estimate of drug-likeness (QED) is 0.581. The second-order valence-corrected chi connectivity index (χ2v) is 3.30. The fourth-order valence-electron chi connectivity index (χ4n) is 0.454. The third kappa shape index (κ3) is 5.45. The van der Waals surface area contributed by atoms with Gasteiger partial charge in [-0.15, -0.1) is 0 Å². The maximum Gasteiger partial charge on any atom is 0.0676 e. The Kier molecular flexibility index (Phi) is 3.65. The van der Waals surface area contributed by atoms with Crippen LogP contribution in [0.4, 0.5) is 0 Å². The molecule has 0 aliphatic rings. The molecule has 3 heteroatoms. The lowest BCUT2D eigenvalue weighted by molar-refractivity contribution is 0.586. The number of hydrogen-bond acceptors (Lipinski definition) is 3. The van der Waals surface area contributed by atoms with Crippen LogP contribution in [0.1, 0.15) is 20.8 Å². The first kappa shape index (κ1) is 10.0. The minimum absolute atomic E-state index is 0.0366. The van der Waals surface area contributed by atoms with Gasteiger partial charge in [-0.3, -0.25) is 4.99 Å². The van der Waals surface area contributed by atoms with Gasteiger partial charge in [-0.05, 0) is 20.8 Å². The van der Waals surface area contributed by atoms with Crippen LogP contribution in [0.5, 0.6) is 0 Å². The Labute approximate surface area is 68.4 Å². The van der Waals surface area contributed by atoms with E-state index in [2.05, 4.69) is 10.3 Å². The average molecular weight is 155 g/mol. The molecular weight excluding hydrogens is 138 g/mol. The zero-order valence-corrected chi connectivity index (χ0v) is 7.68. The highest BCUT2D eigenvalue weighted by Crippen LogP contribution is 2.04. The summed E-state index contributed by atoms with van der Waals surface area (Å²) in [6, 6.07) is 0. The molecule has 0 aromatic carbocycles. The lowest BCUT2D eigenvalue weighted by Crippen LogP contribution is -2.14. The lowest BCUT2D eigenvalue weighted by atomic mass is 10.1. The Morgan fingerprint density at radius 1 is 1.45 bits per heavy atom. The molecule has 0 saturated heterocycles. The molecule has 0 saturated carbocycles. The summed E-state index contributed by atoms with van der Waals surface area (Å²) in [6.45, 7) is 6.11. The van der Waals surface area contributed by atoms with E-state index in [1.807, 2.05) is 27.8 Å². The minimum Gasteiger partial charge on any atom is -0.403 e. The molecule has 0 aliphatic carbocycles. The van der Waals surface area contributed by atoms with Gasteiger partial charge >= 0.3 is 0 Å². The van der Waals surface area contributed by atoms with E-state index in [0.717, 1.165) is 5.70 Å². The van der Waals surface area contributed by atoms with E-state index in [0.29, 0.717) is 0 Å². The third-order valence-corrected chi connectivity index (χ3v) is 1.06. The number of hydrogen-bond donors (Lipinski definition) is 2. The van der Waals surface area contributed by atoms with E-state index in [4.69, 9.17) is 5.73 Å². The molecule has 0 spiro atoms. The monoisotopic (exact) mass is 155 g/mol. The van der Waals surface area contributed by atoms with Crippen molar-refractivity contribution in [2.45, 2.75) is 26.3 Å². The summed E-state index contributed by atoms with van der Waals surface area (Å²) in [4.78, 5) is 4.26. The zero-order chi connectivity index (χ0) is 8.91. The molecule has 3 N–H and O–H groups in total. The van der Waals surface area contributed by atoms with E-state index in [9.17, 15) is 0 Å². The average Bonchev–Trinajstić information content (AvgIpc) is 1.88. The van der Waals surface area contributed by atoms with Crippen molar-refractivity contribution < 1.29 is 0 Å². The van der Waals surface area contributed by atoms with Crippen LogP contribution in [0.25, 0.3) is 0 Å². The molecule has 64 valence electrons. The summed E-state index contributed by atoms with van der Waals surface area (Å²) < 4.78 is 0. The largest absolute Gasteiger partial charge is 0.403 e. The van der Waals surface area contributed by atoms with Crippen LogP contribution < -0.4 is 11.1 Å². The lowest BCUT2D eigenvalue weighted by Gasteiger charge is -2.11. The molecule has 0 aliphatic heterocycles. The van der Waals surface area contributed by atoms with E-state index in [1.165, 1.54) is 6.20 Å². The Morgan fingerprint density at radius 2 is 2.00 bits per heavy atom. The molecule has 0 unspecified atom stereocenters. The van der Waals surface area contributed by atoms with Gasteiger partial charge in [-0.1, -0.05) is 0 Å². The highest BCUT2D eigenvalue weighted by atomic mass is 14.9. The number of aliphatic imine (C=N–C) groups is 1. The molecule has 0 heterocycles. The molecule has 0 aromatic rings. The van der Waals surface area contributed by atoms with Crippen molar-refractivity contribution in [2.75, 3.05) is 7.05 Å². The summed E-state index contributed by atoms with van der Waals surface area (Å²) in [5, 5.41) is 2.91. The zero-order valence-electron chi connectivity index (χ0n) is 7.68. The molecule has 0 aromatic heterocycles. The maximum absolute atomic E-state index is 5.30. The van der Waals surface area contributed by atoms with Crippen LogP contribution in [0.3, 0.4) is 0 Å². The Hall–Kier alpha value is -0.990. The van der Waals surface area contributed by atoms with Crippen LogP contribution in [-0.4, -0.2) is 18.8 Å². The molecule has 0 amide bonds. The highest BCUT2D eigenvalue weighted by Gasteiger charge is 2.04. The van der Waals surface area contributed by atoms with Gasteiger partial charge in [0.2, 0.25) is 0 Å². The van der Waals surface area contributed by atoms with Gasteiger partial charge in [0.25, 0.3) is 0 Å². The Bertz CT molecular complexity index is 163. The van der Waals surface area contributed by atoms with Gasteiger partial charge in [-0.2, -0.15) is 0 Å². The molecule has 11 heavy (non-hydrogen) atoms. The topological polar surface area (TPSA) is 50.4 Å². The number of rotatable bonds is 2. The normalized spacial score (nSPS) is 14.0. The van der Waals surface area contributed by atoms with Crippen LogP contribution >= 0.6 is 0 Å². The molecule has 0 atom stereocenters. The van der Waals surface area contributed by atoms with Crippen molar-refractivity contribution in [3.8, 4) is 0 Å². The summed E-state index contributed by atoms with van der Waals surface area (Å²) in [7, 11) is 1.81. The molecule has 0 fully saturated rings. The van der Waals surface area contributed by atoms with Crippen molar-refractivity contribution in [3.05, 3.63) is 11.9 Å². The summed E-state index contributed by atoms with van der Waals surface area (Å²) in [5.74, 6) is 0. The summed E-state index contributed by atoms with van der Waals surface area (Å²) in [5.41, 5.74) is 6.09. The number of nitrogens with zero attached hydrogens (tertiary/aromatic N) is 1. The van der Waals surface area contributed by atoms with Gasteiger partial charge in [0.15, 0.2) is 0 Å². The molecular formula is C8H17N3. The Balaban J connectivity index is 4.12. The second-order valence-electron chi connectivity index (χ2n) is 3.30.